The van der Waals surface area contributed by atoms with E-state index in [1.807, 2.05) is 0 Å². The summed E-state index contributed by atoms with van der Waals surface area (Å²) >= 11 is 0. The standard InChI is InChI=1S/C30H36FN5O6/c1-29(9-5-10-29)17-35(3)27(38)23-24(34-36-14-6-13-32-25(23)36)33-26(37)19-15-22(20(31)16-21(19)41-4)42-18-7-11-30(2,12-8-18)28(39)40/h6,13-16,18H,5,7-12,17H2,1-4H3,(H,39,40)(H,33,34,37). The Bertz CT molecular complexity index is 1530. The third kappa shape index (κ3) is 5.62. The van der Waals surface area contributed by atoms with Crippen molar-refractivity contribution < 1.29 is 33.4 Å². The number of ether oxygens (including phenoxy) is 2. The number of hydrogen-bond acceptors (Lipinski definition) is 7. The molecule has 2 N–H and O–H groups in total. The van der Waals surface area contributed by atoms with E-state index in [1.54, 1.807) is 37.3 Å². The quantitative estimate of drug-likeness (QED) is 0.368. The van der Waals surface area contributed by atoms with Gasteiger partial charge in [0.2, 0.25) is 0 Å². The van der Waals surface area contributed by atoms with Crippen LogP contribution < -0.4 is 14.8 Å². The van der Waals surface area contributed by atoms with Crippen LogP contribution in [0.15, 0.2) is 30.6 Å². The third-order valence-corrected chi connectivity index (χ3v) is 8.71. The number of rotatable bonds is 9. The zero-order valence-electron chi connectivity index (χ0n) is 24.3. The van der Waals surface area contributed by atoms with Gasteiger partial charge in [-0.1, -0.05) is 13.3 Å². The summed E-state index contributed by atoms with van der Waals surface area (Å²) in [6, 6.07) is 3.99. The van der Waals surface area contributed by atoms with Crippen molar-refractivity contribution >= 4 is 29.2 Å². The van der Waals surface area contributed by atoms with E-state index >= 15 is 4.39 Å². The summed E-state index contributed by atoms with van der Waals surface area (Å²) < 4.78 is 27.6. The normalized spacial score (nSPS) is 21.3. The Balaban J connectivity index is 1.40. The summed E-state index contributed by atoms with van der Waals surface area (Å²) in [6.07, 6.45) is 7.63. The van der Waals surface area contributed by atoms with Gasteiger partial charge in [-0.15, -0.1) is 5.10 Å². The molecule has 2 fully saturated rings. The van der Waals surface area contributed by atoms with Gasteiger partial charge in [0.15, 0.2) is 23.0 Å². The van der Waals surface area contributed by atoms with Crippen LogP contribution in [0.1, 0.15) is 79.5 Å². The molecule has 3 aromatic rings. The first-order valence-electron chi connectivity index (χ1n) is 14.1. The van der Waals surface area contributed by atoms with Crippen molar-refractivity contribution in [3.05, 3.63) is 47.5 Å². The average Bonchev–Trinajstić information content (AvgIpc) is 3.31. The number of aromatic nitrogens is 3. The highest BCUT2D eigenvalue weighted by Gasteiger charge is 2.39. The number of halogens is 1. The van der Waals surface area contributed by atoms with Crippen molar-refractivity contribution in [2.75, 3.05) is 26.0 Å². The molecule has 12 heteroatoms. The summed E-state index contributed by atoms with van der Waals surface area (Å²) in [5, 5.41) is 16.6. The van der Waals surface area contributed by atoms with Crippen LogP contribution >= 0.6 is 0 Å². The zero-order chi connectivity index (χ0) is 30.2. The van der Waals surface area contributed by atoms with E-state index in [2.05, 4.69) is 22.3 Å². The lowest BCUT2D eigenvalue weighted by Gasteiger charge is -2.41. The van der Waals surface area contributed by atoms with Crippen molar-refractivity contribution in [3.8, 4) is 11.5 Å². The molecule has 0 bridgehead atoms. The van der Waals surface area contributed by atoms with E-state index in [0.717, 1.165) is 25.3 Å². The maximum absolute atomic E-state index is 15.0. The van der Waals surface area contributed by atoms with Gasteiger partial charge in [0.05, 0.1) is 24.2 Å². The first-order valence-corrected chi connectivity index (χ1v) is 14.1. The molecule has 2 aliphatic carbocycles. The number of carboxylic acid groups (broad SMARTS) is 1. The average molecular weight is 582 g/mol. The molecule has 1 aromatic carbocycles. The van der Waals surface area contributed by atoms with Gasteiger partial charge in [-0.3, -0.25) is 14.4 Å². The van der Waals surface area contributed by atoms with Gasteiger partial charge in [0.25, 0.3) is 11.8 Å². The van der Waals surface area contributed by atoms with Gasteiger partial charge >= 0.3 is 5.97 Å². The van der Waals surface area contributed by atoms with Crippen LogP contribution in [0, 0.1) is 16.6 Å². The minimum absolute atomic E-state index is 0.0150. The van der Waals surface area contributed by atoms with Crippen LogP contribution in [0.25, 0.3) is 5.65 Å². The minimum Gasteiger partial charge on any atom is -0.496 e. The lowest BCUT2D eigenvalue weighted by molar-refractivity contribution is -0.150. The Hall–Kier alpha value is -4.22. The molecule has 42 heavy (non-hydrogen) atoms. The fourth-order valence-corrected chi connectivity index (χ4v) is 5.83. The minimum atomic E-state index is -0.862. The monoisotopic (exact) mass is 581 g/mol. The summed E-state index contributed by atoms with van der Waals surface area (Å²) in [6.45, 7) is 4.40. The fraction of sp³-hybridized carbons (Fsp3) is 0.500. The maximum atomic E-state index is 15.0. The topological polar surface area (TPSA) is 135 Å². The van der Waals surface area contributed by atoms with Crippen molar-refractivity contribution in [1.82, 2.24) is 19.5 Å². The molecule has 2 aromatic heterocycles. The SMILES string of the molecule is COc1cc(F)c(OC2CCC(C)(C(=O)O)CC2)cc1C(=O)Nc1nn2cccnc2c1C(=O)N(C)CC1(C)CCC1. The van der Waals surface area contributed by atoms with Gasteiger partial charge in [-0.25, -0.2) is 13.9 Å². The first-order chi connectivity index (χ1) is 19.9. The summed E-state index contributed by atoms with van der Waals surface area (Å²) in [7, 11) is 3.04. The van der Waals surface area contributed by atoms with Crippen LogP contribution in [0.3, 0.4) is 0 Å². The molecule has 11 nitrogen and oxygen atoms in total. The second kappa shape index (κ2) is 11.2. The number of amides is 2. The maximum Gasteiger partial charge on any atom is 0.309 e. The number of anilines is 1. The largest absolute Gasteiger partial charge is 0.496 e. The molecule has 0 atom stereocenters. The summed E-state index contributed by atoms with van der Waals surface area (Å²) in [4.78, 5) is 44.8. The molecule has 2 amide bonds. The molecule has 224 valence electrons. The van der Waals surface area contributed by atoms with Crippen LogP contribution in [-0.2, 0) is 4.79 Å². The van der Waals surface area contributed by atoms with Gasteiger partial charge in [0.1, 0.15) is 11.3 Å². The Kier molecular flexibility index (Phi) is 7.82. The predicted octanol–water partition coefficient (Wildman–Crippen LogP) is 4.80. The highest BCUT2D eigenvalue weighted by molar-refractivity contribution is 6.11. The number of nitrogens with one attached hydrogen (secondary N) is 1. The molecular weight excluding hydrogens is 545 g/mol. The number of carbonyl (C=O) groups excluding carboxylic acids is 2. The lowest BCUT2D eigenvalue weighted by Crippen LogP contribution is -2.41. The number of carbonyl (C=O) groups is 3. The zero-order valence-corrected chi connectivity index (χ0v) is 24.3. The number of hydrogen-bond donors (Lipinski definition) is 2. The summed E-state index contributed by atoms with van der Waals surface area (Å²) in [5.74, 6) is -2.73. The Morgan fingerprint density at radius 3 is 2.50 bits per heavy atom. The van der Waals surface area contributed by atoms with Crippen molar-refractivity contribution in [2.24, 2.45) is 10.8 Å². The van der Waals surface area contributed by atoms with Gasteiger partial charge in [0, 0.05) is 32.1 Å². The van der Waals surface area contributed by atoms with Gasteiger partial charge in [-0.2, -0.15) is 0 Å². The molecule has 0 spiro atoms. The second-order valence-corrected chi connectivity index (χ2v) is 12.1. The molecule has 0 saturated heterocycles. The number of fused-ring (bicyclic) bond motifs is 1. The van der Waals surface area contributed by atoms with Crippen LogP contribution in [0.4, 0.5) is 10.2 Å². The van der Waals surface area contributed by atoms with Crippen LogP contribution in [0.2, 0.25) is 0 Å². The Morgan fingerprint density at radius 2 is 1.88 bits per heavy atom. The Morgan fingerprint density at radius 1 is 1.17 bits per heavy atom. The third-order valence-electron chi connectivity index (χ3n) is 8.71. The smallest absolute Gasteiger partial charge is 0.309 e. The van der Waals surface area contributed by atoms with E-state index < -0.39 is 29.2 Å². The highest BCUT2D eigenvalue weighted by Crippen LogP contribution is 2.41. The van der Waals surface area contributed by atoms with E-state index in [9.17, 15) is 19.5 Å². The number of aliphatic carboxylic acids is 1. The molecule has 5 rings (SSSR count). The van der Waals surface area contributed by atoms with Crippen molar-refractivity contribution in [1.29, 1.82) is 0 Å². The Labute approximate surface area is 243 Å². The number of benzene rings is 1. The number of nitrogens with zero attached hydrogens (tertiary/aromatic N) is 4. The van der Waals surface area contributed by atoms with Gasteiger partial charge < -0.3 is 24.8 Å². The first kappa shape index (κ1) is 29.3. The molecule has 0 unspecified atom stereocenters. The van der Waals surface area contributed by atoms with Crippen molar-refractivity contribution in [2.45, 2.75) is 64.9 Å². The number of carboxylic acids is 1. The van der Waals surface area contributed by atoms with Gasteiger partial charge in [-0.05, 0) is 63.0 Å². The van der Waals surface area contributed by atoms with E-state index in [-0.39, 0.29) is 39.8 Å². The molecule has 2 saturated carbocycles. The van der Waals surface area contributed by atoms with E-state index in [4.69, 9.17) is 9.47 Å². The van der Waals surface area contributed by atoms with Crippen LogP contribution in [-0.4, -0.2) is 69.2 Å². The van der Waals surface area contributed by atoms with E-state index in [0.29, 0.717) is 37.9 Å². The van der Waals surface area contributed by atoms with Crippen molar-refractivity contribution in [3.63, 3.8) is 0 Å². The molecular formula is C30H36FN5O6. The highest BCUT2D eigenvalue weighted by atomic mass is 19.1. The van der Waals surface area contributed by atoms with Crippen LogP contribution in [0.5, 0.6) is 11.5 Å². The number of methoxy groups -OCH3 is 1. The molecule has 0 radical (unpaired) electrons. The lowest BCUT2D eigenvalue weighted by atomic mass is 9.70. The summed E-state index contributed by atoms with van der Waals surface area (Å²) in [5.41, 5.74) is -0.365. The van der Waals surface area contributed by atoms with E-state index in [1.165, 1.54) is 17.7 Å². The second-order valence-electron chi connectivity index (χ2n) is 12.1. The molecule has 2 heterocycles. The fourth-order valence-electron chi connectivity index (χ4n) is 5.83. The molecule has 0 aliphatic heterocycles. The molecule has 2 aliphatic rings. The predicted molar refractivity (Wildman–Crippen MR) is 151 cm³/mol.